The summed E-state index contributed by atoms with van der Waals surface area (Å²) in [5, 5.41) is 6.09. The van der Waals surface area contributed by atoms with Crippen LogP contribution >= 0.6 is 0 Å². The zero-order valence-corrected chi connectivity index (χ0v) is 27.1. The molecule has 0 aliphatic rings. The van der Waals surface area contributed by atoms with Crippen LogP contribution in [0.1, 0.15) is 6.85 Å². The highest BCUT2D eigenvalue weighted by atomic mass is 16.3. The number of hydrogen-bond donors (Lipinski definition) is 0. The van der Waals surface area contributed by atoms with Gasteiger partial charge in [-0.1, -0.05) is 145 Å². The first-order chi connectivity index (χ1) is 27.3. The third-order valence-electron chi connectivity index (χ3n) is 9.38. The molecule has 4 heteroatoms. The van der Waals surface area contributed by atoms with Gasteiger partial charge in [0.15, 0.2) is 17.5 Å². The molecule has 0 unspecified atom stereocenters. The smallest absolute Gasteiger partial charge is 0.164 e. The molecule has 238 valence electrons. The van der Waals surface area contributed by atoms with Crippen LogP contribution < -0.4 is 0 Å². The van der Waals surface area contributed by atoms with Gasteiger partial charge in [-0.15, -0.1) is 0 Å². The fourth-order valence-corrected chi connectivity index (χ4v) is 6.88. The van der Waals surface area contributed by atoms with Crippen LogP contribution in [0.5, 0.6) is 0 Å². The van der Waals surface area contributed by atoms with Crippen LogP contribution in [-0.2, 0) is 0 Å². The molecule has 0 fully saturated rings. The summed E-state index contributed by atoms with van der Waals surface area (Å²) in [5.41, 5.74) is 5.60. The van der Waals surface area contributed by atoms with Crippen molar-refractivity contribution in [3.05, 3.63) is 176 Å². The minimum atomic E-state index is -0.447. The van der Waals surface area contributed by atoms with E-state index in [1.165, 1.54) is 0 Å². The van der Waals surface area contributed by atoms with E-state index in [9.17, 15) is 0 Å². The Morgan fingerprint density at radius 2 is 0.980 bits per heavy atom. The van der Waals surface area contributed by atoms with Crippen LogP contribution in [0.15, 0.2) is 180 Å². The lowest BCUT2D eigenvalue weighted by molar-refractivity contribution is 0.670. The highest BCUT2D eigenvalue weighted by Gasteiger charge is 2.18. The Balaban J connectivity index is 1.19. The second-order valence-electron chi connectivity index (χ2n) is 12.5. The number of rotatable bonds is 5. The molecule has 10 rings (SSSR count). The summed E-state index contributed by atoms with van der Waals surface area (Å²) < 4.78 is 49.3. The summed E-state index contributed by atoms with van der Waals surface area (Å²) in [5.74, 6) is 1.53. The molecule has 0 radical (unpaired) electrons. The van der Waals surface area contributed by atoms with Gasteiger partial charge in [-0.2, -0.15) is 0 Å². The van der Waals surface area contributed by atoms with E-state index < -0.39 is 18.1 Å². The zero-order chi connectivity index (χ0) is 38.1. The van der Waals surface area contributed by atoms with Gasteiger partial charge in [-0.3, -0.25) is 0 Å². The molecular formula is C47H29N3O. The van der Waals surface area contributed by atoms with Crippen molar-refractivity contribution in [2.24, 2.45) is 0 Å². The van der Waals surface area contributed by atoms with E-state index in [2.05, 4.69) is 36.4 Å². The van der Waals surface area contributed by atoms with Crippen LogP contribution in [0.25, 0.3) is 99.9 Å². The molecule has 51 heavy (non-hydrogen) atoms. The minimum Gasteiger partial charge on any atom is -0.455 e. The van der Waals surface area contributed by atoms with E-state index >= 15 is 0 Å². The van der Waals surface area contributed by atoms with Gasteiger partial charge in [0.05, 0.1) is 6.85 Å². The third kappa shape index (κ3) is 5.13. The molecule has 10 aromatic rings. The Kier molecular flexibility index (Phi) is 5.66. The molecule has 0 aliphatic heterocycles. The van der Waals surface area contributed by atoms with Crippen molar-refractivity contribution in [3.8, 4) is 56.4 Å². The molecule has 0 spiro atoms. The summed E-state index contributed by atoms with van der Waals surface area (Å²) >= 11 is 0. The normalized spacial score (nSPS) is 12.9. The largest absolute Gasteiger partial charge is 0.455 e. The number of hydrogen-bond acceptors (Lipinski definition) is 4. The zero-order valence-electron chi connectivity index (χ0n) is 32.1. The predicted octanol–water partition coefficient (Wildman–Crippen LogP) is 12.4. The Bertz CT molecular complexity index is 3170. The van der Waals surface area contributed by atoms with Crippen LogP contribution in [0.4, 0.5) is 0 Å². The van der Waals surface area contributed by atoms with Crippen molar-refractivity contribution in [3.63, 3.8) is 0 Å². The molecule has 0 aliphatic carbocycles. The van der Waals surface area contributed by atoms with Gasteiger partial charge in [-0.25, -0.2) is 15.0 Å². The number of furan rings is 1. The fourth-order valence-electron chi connectivity index (χ4n) is 6.88. The highest BCUT2D eigenvalue weighted by molar-refractivity contribution is 6.12. The molecular weight excluding hydrogens is 623 g/mol. The lowest BCUT2D eigenvalue weighted by atomic mass is 9.95. The van der Waals surface area contributed by atoms with Crippen LogP contribution in [0.2, 0.25) is 0 Å². The first-order valence-corrected chi connectivity index (χ1v) is 16.7. The van der Waals surface area contributed by atoms with Crippen molar-refractivity contribution in [2.75, 3.05) is 0 Å². The maximum atomic E-state index is 8.83. The first-order valence-electron chi connectivity index (χ1n) is 19.2. The summed E-state index contributed by atoms with van der Waals surface area (Å²) in [4.78, 5) is 15.0. The van der Waals surface area contributed by atoms with Gasteiger partial charge in [0.1, 0.15) is 11.2 Å². The Hall–Kier alpha value is -6.91. The van der Waals surface area contributed by atoms with Crippen molar-refractivity contribution in [1.29, 1.82) is 0 Å². The third-order valence-corrected chi connectivity index (χ3v) is 9.38. The maximum Gasteiger partial charge on any atom is 0.164 e. The van der Waals surface area contributed by atoms with E-state index in [1.807, 2.05) is 109 Å². The second-order valence-corrected chi connectivity index (χ2v) is 12.5. The lowest BCUT2D eigenvalue weighted by Crippen LogP contribution is -2.00. The topological polar surface area (TPSA) is 51.8 Å². The average Bonchev–Trinajstić information content (AvgIpc) is 3.63. The monoisotopic (exact) mass is 656 g/mol. The van der Waals surface area contributed by atoms with Gasteiger partial charge in [0, 0.05) is 33.0 Å². The summed E-state index contributed by atoms with van der Waals surface area (Å²) in [6.07, 6.45) is 0. The van der Waals surface area contributed by atoms with Crippen molar-refractivity contribution >= 4 is 43.5 Å². The van der Waals surface area contributed by atoms with Crippen LogP contribution in [0, 0.1) is 0 Å². The molecule has 0 saturated carbocycles. The Morgan fingerprint density at radius 3 is 1.75 bits per heavy atom. The molecule has 0 atom stereocenters. The van der Waals surface area contributed by atoms with Gasteiger partial charge >= 0.3 is 0 Å². The molecule has 0 amide bonds. The molecule has 0 N–H and O–H groups in total. The van der Waals surface area contributed by atoms with Crippen molar-refractivity contribution in [1.82, 2.24) is 15.0 Å². The number of nitrogens with zero attached hydrogens (tertiary/aromatic N) is 3. The molecule has 0 bridgehead atoms. The van der Waals surface area contributed by atoms with E-state index in [0.717, 1.165) is 54.6 Å². The van der Waals surface area contributed by atoms with Crippen LogP contribution in [-0.4, -0.2) is 15.0 Å². The van der Waals surface area contributed by atoms with Crippen molar-refractivity contribution in [2.45, 2.75) is 0 Å². The van der Waals surface area contributed by atoms with Gasteiger partial charge in [0.2, 0.25) is 0 Å². The SMILES string of the molecule is [2H]c1c([2H])c([2H])c(-c2cc(-c3ccccc3)cc3c2oc2cc(-c4nc(-c5ccccc5)nc(-c5ccc6ccc7ccccc7c6c5)n4)ccc23)c([2H])c1[2H]. The van der Waals surface area contributed by atoms with Crippen LogP contribution in [0.3, 0.4) is 0 Å². The quantitative estimate of drug-likeness (QED) is 0.173. The standard InChI is InChI=1S/C47H29N3O/c1-4-12-30(13-5-1)37-27-41(31-14-6-2-7-15-31)44-42(28-37)39-25-24-36(29-43(39)51-44)47-49-45(34-17-8-3-9-18-34)48-46(50-47)35-23-22-33-21-20-32-16-10-11-19-38(32)40(33)26-35/h1-29H/i2D,6D,7D,14D,15D. The minimum absolute atomic E-state index is 0.0795. The second kappa shape index (κ2) is 11.9. The highest BCUT2D eigenvalue weighted by Crippen LogP contribution is 2.41. The molecule has 2 aromatic heterocycles. The number of benzene rings is 8. The van der Waals surface area contributed by atoms with Crippen molar-refractivity contribution < 1.29 is 11.3 Å². The molecule has 0 saturated heterocycles. The molecule has 4 nitrogen and oxygen atoms in total. The van der Waals surface area contributed by atoms with E-state index in [1.54, 1.807) is 0 Å². The summed E-state index contributed by atoms with van der Waals surface area (Å²) in [6.45, 7) is 0. The first kappa shape index (κ1) is 24.3. The number of aromatic nitrogens is 3. The maximum absolute atomic E-state index is 8.83. The summed E-state index contributed by atoms with van der Waals surface area (Å²) in [7, 11) is 0. The Labute approximate surface area is 301 Å². The van der Waals surface area contributed by atoms with E-state index in [0.29, 0.717) is 39.8 Å². The van der Waals surface area contributed by atoms with Gasteiger partial charge in [0.25, 0.3) is 0 Å². The lowest BCUT2D eigenvalue weighted by Gasteiger charge is -2.10. The average molecular weight is 657 g/mol. The fraction of sp³-hybridized carbons (Fsp3) is 0. The van der Waals surface area contributed by atoms with E-state index in [-0.39, 0.29) is 17.6 Å². The predicted molar refractivity (Wildman–Crippen MR) is 209 cm³/mol. The molecule has 2 heterocycles. The summed E-state index contributed by atoms with van der Waals surface area (Å²) in [6, 6.07) is 46.3. The van der Waals surface area contributed by atoms with Gasteiger partial charge in [-0.05, 0) is 68.6 Å². The number of fused-ring (bicyclic) bond motifs is 6. The van der Waals surface area contributed by atoms with E-state index in [4.69, 9.17) is 26.2 Å². The molecule has 8 aromatic carbocycles. The van der Waals surface area contributed by atoms with Gasteiger partial charge < -0.3 is 4.42 Å². The Morgan fingerprint density at radius 1 is 0.392 bits per heavy atom.